The number of hydrogen-bond acceptors (Lipinski definition) is 6. The minimum atomic E-state index is 0.478. The maximum Gasteiger partial charge on any atom is 0.119 e. The lowest BCUT2D eigenvalue weighted by Crippen LogP contribution is -2.49. The topological polar surface area (TPSA) is 55.0 Å². The molecule has 1 aromatic rings. The second kappa shape index (κ2) is 13.3. The number of likely N-dealkylation sites (tertiary alicyclic amines) is 1. The Hall–Kier alpha value is -1.70. The number of methoxy groups -OCH3 is 1. The van der Waals surface area contributed by atoms with Gasteiger partial charge < -0.3 is 9.47 Å². The average molecular weight is 458 g/mol. The van der Waals surface area contributed by atoms with Crippen LogP contribution in [0.3, 0.4) is 0 Å². The lowest BCUT2D eigenvalue weighted by molar-refractivity contribution is 0.0120. The molecule has 1 aromatic carbocycles. The highest BCUT2D eigenvalue weighted by molar-refractivity contribution is 5.28. The third kappa shape index (κ3) is 7.39. The Morgan fingerprint density at radius 2 is 1.88 bits per heavy atom. The van der Waals surface area contributed by atoms with E-state index in [1.807, 2.05) is 0 Å². The molecule has 0 amide bonds. The van der Waals surface area contributed by atoms with Crippen LogP contribution in [-0.4, -0.2) is 57.1 Å². The first-order valence-corrected chi connectivity index (χ1v) is 12.4. The van der Waals surface area contributed by atoms with Gasteiger partial charge in [0, 0.05) is 25.7 Å². The fourth-order valence-electron chi connectivity index (χ4n) is 4.89. The minimum Gasteiger partial charge on any atom is -0.491 e. The third-order valence-corrected chi connectivity index (χ3v) is 7.40. The summed E-state index contributed by atoms with van der Waals surface area (Å²) in [6.45, 7) is 13.8. The van der Waals surface area contributed by atoms with E-state index in [-0.39, 0.29) is 0 Å². The summed E-state index contributed by atoms with van der Waals surface area (Å²) in [7, 11) is 1.71. The maximum absolute atomic E-state index is 5.91. The summed E-state index contributed by atoms with van der Waals surface area (Å²) in [5.74, 6) is 2.01. The molecule has 3 rings (SSSR count). The first-order valence-electron chi connectivity index (χ1n) is 12.4. The van der Waals surface area contributed by atoms with Gasteiger partial charge in [-0.05, 0) is 81.3 Å². The molecule has 33 heavy (non-hydrogen) atoms. The van der Waals surface area contributed by atoms with Gasteiger partial charge in [0.2, 0.25) is 0 Å². The summed E-state index contributed by atoms with van der Waals surface area (Å²) in [4.78, 5) is 8.27. The van der Waals surface area contributed by atoms with Crippen LogP contribution in [0, 0.1) is 18.8 Å². The van der Waals surface area contributed by atoms with Gasteiger partial charge in [0.05, 0.1) is 6.61 Å². The number of hydroxylamine groups is 1. The molecule has 1 fully saturated rings. The summed E-state index contributed by atoms with van der Waals surface area (Å²) >= 11 is 0. The normalized spacial score (nSPS) is 23.2. The molecular formula is C27H43N3O3. The molecule has 1 saturated heterocycles. The van der Waals surface area contributed by atoms with E-state index in [1.54, 1.807) is 7.11 Å². The predicted octanol–water partition coefficient (Wildman–Crippen LogP) is 4.18. The number of hydrogen-bond donors (Lipinski definition) is 2. The SMILES string of the molecule is COCCOC1=C(C)C(C)C(C(C)N2CCC(NCONCc3ccccc3C)CC2)C=C1. The molecule has 0 spiro atoms. The van der Waals surface area contributed by atoms with Crippen LogP contribution >= 0.6 is 0 Å². The highest BCUT2D eigenvalue weighted by atomic mass is 16.7. The maximum atomic E-state index is 5.91. The second-order valence-corrected chi connectivity index (χ2v) is 9.40. The second-order valence-electron chi connectivity index (χ2n) is 9.40. The third-order valence-electron chi connectivity index (χ3n) is 7.40. The van der Waals surface area contributed by atoms with Crippen molar-refractivity contribution in [3.05, 3.63) is 58.9 Å². The Balaban J connectivity index is 1.35. The van der Waals surface area contributed by atoms with E-state index >= 15 is 0 Å². The van der Waals surface area contributed by atoms with Crippen LogP contribution in [-0.2, 0) is 20.9 Å². The highest BCUT2D eigenvalue weighted by Gasteiger charge is 2.32. The molecule has 6 heteroatoms. The number of piperidine rings is 1. The van der Waals surface area contributed by atoms with E-state index in [1.165, 1.54) is 16.7 Å². The largest absolute Gasteiger partial charge is 0.491 e. The van der Waals surface area contributed by atoms with Crippen LogP contribution in [0.1, 0.15) is 44.7 Å². The average Bonchev–Trinajstić information content (AvgIpc) is 2.83. The van der Waals surface area contributed by atoms with Crippen LogP contribution in [0.5, 0.6) is 0 Å². The van der Waals surface area contributed by atoms with Gasteiger partial charge >= 0.3 is 0 Å². The number of ether oxygens (including phenoxy) is 2. The number of rotatable bonds is 12. The molecule has 0 saturated carbocycles. The summed E-state index contributed by atoms with van der Waals surface area (Å²) < 4.78 is 11.0. The van der Waals surface area contributed by atoms with E-state index in [0.29, 0.717) is 43.9 Å². The minimum absolute atomic E-state index is 0.478. The molecule has 0 radical (unpaired) electrons. The van der Waals surface area contributed by atoms with E-state index in [9.17, 15) is 0 Å². The number of nitrogens with zero attached hydrogens (tertiary/aromatic N) is 1. The first-order chi connectivity index (χ1) is 16.0. The van der Waals surface area contributed by atoms with Gasteiger partial charge in [-0.15, -0.1) is 0 Å². The molecule has 1 aliphatic carbocycles. The number of allylic oxidation sites excluding steroid dienone is 2. The van der Waals surface area contributed by atoms with Crippen molar-refractivity contribution in [2.24, 2.45) is 11.8 Å². The highest BCUT2D eigenvalue weighted by Crippen LogP contribution is 2.34. The molecule has 0 bridgehead atoms. The van der Waals surface area contributed by atoms with E-state index in [4.69, 9.17) is 14.3 Å². The van der Waals surface area contributed by atoms with Crippen molar-refractivity contribution in [3.8, 4) is 0 Å². The monoisotopic (exact) mass is 457 g/mol. The standard InChI is InChI=1S/C27H43N3O3/c1-20-8-6-7-9-24(20)18-29-33-19-28-25-12-14-30(15-13-25)23(4)26-10-11-27(22(3)21(26)2)32-17-16-31-5/h6-11,21,23,25-26,28-29H,12-19H2,1-5H3. The van der Waals surface area contributed by atoms with Crippen molar-refractivity contribution in [2.45, 2.75) is 59.2 Å². The number of aryl methyl sites for hydroxylation is 1. The van der Waals surface area contributed by atoms with Crippen LogP contribution in [0.15, 0.2) is 47.7 Å². The Kier molecular flexibility index (Phi) is 10.4. The zero-order valence-corrected chi connectivity index (χ0v) is 21.1. The van der Waals surface area contributed by atoms with Crippen LogP contribution < -0.4 is 10.8 Å². The summed E-state index contributed by atoms with van der Waals surface area (Å²) in [5, 5.41) is 3.55. The van der Waals surface area contributed by atoms with Gasteiger partial charge in [-0.1, -0.05) is 37.3 Å². The first kappa shape index (κ1) is 25.9. The molecule has 2 N–H and O–H groups in total. The summed E-state index contributed by atoms with van der Waals surface area (Å²) in [5.41, 5.74) is 6.97. The van der Waals surface area contributed by atoms with Gasteiger partial charge in [0.15, 0.2) is 0 Å². The Labute approximate surface area is 200 Å². The summed E-state index contributed by atoms with van der Waals surface area (Å²) in [6, 6.07) is 9.41. The molecule has 1 aliphatic heterocycles. The zero-order chi connectivity index (χ0) is 23.6. The van der Waals surface area contributed by atoms with Crippen molar-refractivity contribution in [1.82, 2.24) is 15.7 Å². The van der Waals surface area contributed by atoms with Crippen LogP contribution in [0.25, 0.3) is 0 Å². The Morgan fingerprint density at radius 3 is 2.61 bits per heavy atom. The van der Waals surface area contributed by atoms with E-state index in [2.05, 4.69) is 79.8 Å². The Bertz CT molecular complexity index is 787. The van der Waals surface area contributed by atoms with Gasteiger partial charge in [0.1, 0.15) is 19.1 Å². The number of nitrogens with one attached hydrogen (secondary N) is 2. The molecule has 184 valence electrons. The van der Waals surface area contributed by atoms with Gasteiger partial charge in [-0.25, -0.2) is 0 Å². The molecule has 3 atom stereocenters. The molecule has 3 unspecified atom stereocenters. The quantitative estimate of drug-likeness (QED) is 0.279. The predicted molar refractivity (Wildman–Crippen MR) is 133 cm³/mol. The van der Waals surface area contributed by atoms with Gasteiger partial charge in [-0.3, -0.25) is 15.1 Å². The lowest BCUT2D eigenvalue weighted by Gasteiger charge is -2.42. The summed E-state index contributed by atoms with van der Waals surface area (Å²) in [6.07, 6.45) is 6.82. The zero-order valence-electron chi connectivity index (χ0n) is 21.1. The molecule has 1 heterocycles. The fourth-order valence-corrected chi connectivity index (χ4v) is 4.89. The van der Waals surface area contributed by atoms with E-state index < -0.39 is 0 Å². The van der Waals surface area contributed by atoms with Crippen LogP contribution in [0.2, 0.25) is 0 Å². The van der Waals surface area contributed by atoms with Crippen molar-refractivity contribution in [3.63, 3.8) is 0 Å². The molecule has 0 aromatic heterocycles. The van der Waals surface area contributed by atoms with Crippen molar-refractivity contribution in [1.29, 1.82) is 0 Å². The van der Waals surface area contributed by atoms with E-state index in [0.717, 1.165) is 38.2 Å². The van der Waals surface area contributed by atoms with Gasteiger partial charge in [-0.2, -0.15) is 5.48 Å². The molecular weight excluding hydrogens is 414 g/mol. The van der Waals surface area contributed by atoms with Crippen molar-refractivity contribution < 1.29 is 14.3 Å². The smallest absolute Gasteiger partial charge is 0.119 e. The fraction of sp³-hybridized carbons (Fsp3) is 0.630. The van der Waals surface area contributed by atoms with Gasteiger partial charge in [0.25, 0.3) is 0 Å². The van der Waals surface area contributed by atoms with Crippen LogP contribution in [0.4, 0.5) is 0 Å². The lowest BCUT2D eigenvalue weighted by atomic mass is 9.78. The molecule has 6 nitrogen and oxygen atoms in total. The molecule has 2 aliphatic rings. The van der Waals surface area contributed by atoms with Crippen molar-refractivity contribution >= 4 is 0 Å². The van der Waals surface area contributed by atoms with Crippen molar-refractivity contribution in [2.75, 3.05) is 40.1 Å². The Morgan fingerprint density at radius 1 is 1.12 bits per heavy atom. The number of benzene rings is 1.